The van der Waals surface area contributed by atoms with Crippen LogP contribution < -0.4 is 9.47 Å². The van der Waals surface area contributed by atoms with Gasteiger partial charge in [-0.05, 0) is 37.1 Å². The molecule has 4 aromatic carbocycles. The van der Waals surface area contributed by atoms with E-state index in [1.165, 1.54) is 12.1 Å². The molecule has 0 aliphatic heterocycles. The number of benzene rings is 4. The van der Waals surface area contributed by atoms with Crippen molar-refractivity contribution in [1.82, 2.24) is 0 Å². The molecule has 0 saturated heterocycles. The topological polar surface area (TPSA) is 127 Å². The van der Waals surface area contributed by atoms with E-state index in [0.717, 1.165) is 38.5 Å². The van der Waals surface area contributed by atoms with Crippen LogP contribution in [0.25, 0.3) is 21.5 Å². The number of hydrogen-bond donors (Lipinski definition) is 2. The van der Waals surface area contributed by atoms with Gasteiger partial charge in [0, 0.05) is 21.5 Å². The Hall–Kier alpha value is -3.18. The Morgan fingerprint density at radius 1 is 0.474 bits per heavy atom. The van der Waals surface area contributed by atoms with Crippen molar-refractivity contribution in [3.8, 4) is 11.5 Å². The van der Waals surface area contributed by atoms with E-state index in [-0.39, 0.29) is 9.79 Å². The lowest BCUT2D eigenvalue weighted by atomic mass is 10.1. The van der Waals surface area contributed by atoms with Gasteiger partial charge in [0.2, 0.25) is 0 Å². The van der Waals surface area contributed by atoms with Gasteiger partial charge in [0.25, 0.3) is 20.2 Å². The maximum atomic E-state index is 11.6. The molecule has 202 valence electrons. The lowest BCUT2D eigenvalue weighted by Crippen LogP contribution is -2.02. The van der Waals surface area contributed by atoms with Gasteiger partial charge >= 0.3 is 0 Å². The van der Waals surface area contributed by atoms with Crippen LogP contribution in [-0.2, 0) is 20.2 Å². The summed E-state index contributed by atoms with van der Waals surface area (Å²) in [5, 5.41) is 2.14. The molecule has 4 rings (SSSR count). The van der Waals surface area contributed by atoms with Crippen molar-refractivity contribution in [2.75, 3.05) is 13.2 Å². The zero-order valence-corrected chi connectivity index (χ0v) is 22.4. The highest BCUT2D eigenvalue weighted by atomic mass is 32.2. The monoisotopic (exact) mass is 558 g/mol. The number of fused-ring (bicyclic) bond motifs is 2. The van der Waals surface area contributed by atoms with Gasteiger partial charge in [-0.15, -0.1) is 0 Å². The molecule has 0 heterocycles. The van der Waals surface area contributed by atoms with Crippen LogP contribution in [0.4, 0.5) is 0 Å². The van der Waals surface area contributed by atoms with Crippen LogP contribution in [0.15, 0.2) is 82.6 Å². The average Bonchev–Trinajstić information content (AvgIpc) is 2.88. The third kappa shape index (κ3) is 6.82. The maximum absolute atomic E-state index is 11.6. The summed E-state index contributed by atoms with van der Waals surface area (Å²) in [5.41, 5.74) is 0. The van der Waals surface area contributed by atoms with E-state index in [1.807, 2.05) is 0 Å². The normalized spacial score (nSPS) is 12.2. The first-order valence-electron chi connectivity index (χ1n) is 12.4. The molecule has 0 unspecified atom stereocenters. The van der Waals surface area contributed by atoms with Crippen LogP contribution in [-0.4, -0.2) is 39.2 Å². The SMILES string of the molecule is O=S(=O)(O)c1ccc(OCCCCCCCCOc2ccc(S(=O)(=O)O)c3ccccc23)c2ccccc12. The second-order valence-electron chi connectivity index (χ2n) is 8.98. The van der Waals surface area contributed by atoms with Gasteiger partial charge < -0.3 is 9.47 Å². The summed E-state index contributed by atoms with van der Waals surface area (Å²) in [5.74, 6) is 1.17. The second-order valence-corrected chi connectivity index (χ2v) is 11.8. The van der Waals surface area contributed by atoms with Crippen LogP contribution in [0.2, 0.25) is 0 Å². The fraction of sp³-hybridized carbons (Fsp3) is 0.286. The number of unbranched alkanes of at least 4 members (excludes halogenated alkanes) is 5. The third-order valence-corrected chi connectivity index (χ3v) is 8.12. The summed E-state index contributed by atoms with van der Waals surface area (Å²) in [6.45, 7) is 1.01. The van der Waals surface area contributed by atoms with Crippen molar-refractivity contribution in [3.63, 3.8) is 0 Å². The Morgan fingerprint density at radius 2 is 0.816 bits per heavy atom. The van der Waals surface area contributed by atoms with E-state index in [4.69, 9.17) is 9.47 Å². The number of ether oxygens (including phenoxy) is 2. The fourth-order valence-corrected chi connectivity index (χ4v) is 5.86. The largest absolute Gasteiger partial charge is 0.493 e. The van der Waals surface area contributed by atoms with E-state index in [9.17, 15) is 25.9 Å². The maximum Gasteiger partial charge on any atom is 0.295 e. The molecule has 4 aromatic rings. The summed E-state index contributed by atoms with van der Waals surface area (Å²) >= 11 is 0. The van der Waals surface area contributed by atoms with Crippen molar-refractivity contribution < 1.29 is 35.4 Å². The summed E-state index contributed by atoms with van der Waals surface area (Å²) < 4.78 is 77.2. The van der Waals surface area contributed by atoms with Gasteiger partial charge in [0.1, 0.15) is 21.3 Å². The molecule has 2 N–H and O–H groups in total. The molecule has 0 bridgehead atoms. The van der Waals surface area contributed by atoms with Gasteiger partial charge in [-0.3, -0.25) is 9.11 Å². The zero-order valence-electron chi connectivity index (χ0n) is 20.7. The highest BCUT2D eigenvalue weighted by molar-refractivity contribution is 7.86. The van der Waals surface area contributed by atoms with Gasteiger partial charge in [-0.25, -0.2) is 0 Å². The van der Waals surface area contributed by atoms with Crippen molar-refractivity contribution in [2.24, 2.45) is 0 Å². The van der Waals surface area contributed by atoms with Crippen LogP contribution in [0.1, 0.15) is 38.5 Å². The van der Waals surface area contributed by atoms with E-state index in [1.54, 1.807) is 60.7 Å². The molecule has 0 fully saturated rings. The molecule has 0 aromatic heterocycles. The molecule has 8 nitrogen and oxygen atoms in total. The predicted molar refractivity (Wildman–Crippen MR) is 146 cm³/mol. The first-order chi connectivity index (χ1) is 18.2. The van der Waals surface area contributed by atoms with Crippen molar-refractivity contribution >= 4 is 41.8 Å². The standard InChI is InChI=1S/C28H30O8S2/c29-37(30,31)27-17-15-25(21-11-5-7-13-23(21)27)35-19-9-3-1-2-4-10-20-36-26-16-18-28(38(32,33)34)24-14-8-6-12-22(24)26/h5-8,11-18H,1-4,9-10,19-20H2,(H,29,30,31)(H,32,33,34). The summed E-state index contributed by atoms with van der Waals surface area (Å²) in [7, 11) is -8.63. The Labute approximate surface area is 222 Å². The average molecular weight is 559 g/mol. The third-order valence-electron chi connectivity index (χ3n) is 6.30. The van der Waals surface area contributed by atoms with Gasteiger partial charge in [-0.1, -0.05) is 74.2 Å². The van der Waals surface area contributed by atoms with Crippen molar-refractivity contribution in [2.45, 2.75) is 48.3 Å². The van der Waals surface area contributed by atoms with E-state index in [2.05, 4.69) is 0 Å². The van der Waals surface area contributed by atoms with Crippen molar-refractivity contribution in [1.29, 1.82) is 0 Å². The van der Waals surface area contributed by atoms with E-state index >= 15 is 0 Å². The van der Waals surface area contributed by atoms with Crippen LogP contribution in [0.5, 0.6) is 11.5 Å². The van der Waals surface area contributed by atoms with Crippen molar-refractivity contribution in [3.05, 3.63) is 72.8 Å². The smallest absolute Gasteiger partial charge is 0.295 e. The Kier molecular flexibility index (Phi) is 8.88. The highest BCUT2D eigenvalue weighted by Crippen LogP contribution is 2.32. The Bertz CT molecular complexity index is 1510. The number of hydrogen-bond acceptors (Lipinski definition) is 6. The predicted octanol–water partition coefficient (Wildman–Crippen LogP) is 6.28. The molecule has 0 atom stereocenters. The lowest BCUT2D eigenvalue weighted by Gasteiger charge is -2.12. The molecule has 38 heavy (non-hydrogen) atoms. The Morgan fingerprint density at radius 3 is 1.18 bits per heavy atom. The zero-order chi connectivity index (χ0) is 27.2. The van der Waals surface area contributed by atoms with E-state index in [0.29, 0.717) is 46.3 Å². The second kappa shape index (κ2) is 12.1. The molecular formula is C28H30O8S2. The van der Waals surface area contributed by atoms with Crippen LogP contribution in [0.3, 0.4) is 0 Å². The fourth-order valence-electron chi connectivity index (χ4n) is 4.46. The minimum absolute atomic E-state index is 0.132. The van der Waals surface area contributed by atoms with E-state index < -0.39 is 20.2 Å². The highest BCUT2D eigenvalue weighted by Gasteiger charge is 2.17. The van der Waals surface area contributed by atoms with Gasteiger partial charge in [0.15, 0.2) is 0 Å². The van der Waals surface area contributed by atoms with Gasteiger partial charge in [0.05, 0.1) is 13.2 Å². The number of rotatable bonds is 13. The summed E-state index contributed by atoms with van der Waals surface area (Å²) in [6.07, 6.45) is 5.77. The molecule has 0 saturated carbocycles. The molecule has 0 spiro atoms. The molecular weight excluding hydrogens is 528 g/mol. The minimum atomic E-state index is -4.32. The van der Waals surface area contributed by atoms with Crippen LogP contribution in [0, 0.1) is 0 Å². The molecule has 0 aliphatic rings. The quantitative estimate of drug-likeness (QED) is 0.145. The lowest BCUT2D eigenvalue weighted by molar-refractivity contribution is 0.300. The van der Waals surface area contributed by atoms with Crippen LogP contribution >= 0.6 is 0 Å². The molecule has 0 radical (unpaired) electrons. The molecule has 0 amide bonds. The molecule has 0 aliphatic carbocycles. The minimum Gasteiger partial charge on any atom is -0.493 e. The first kappa shape index (κ1) is 27.8. The Balaban J connectivity index is 1.17. The first-order valence-corrected chi connectivity index (χ1v) is 15.3. The molecule has 10 heteroatoms. The summed E-state index contributed by atoms with van der Waals surface area (Å²) in [4.78, 5) is -0.263. The van der Waals surface area contributed by atoms with Gasteiger partial charge in [-0.2, -0.15) is 16.8 Å². The summed E-state index contributed by atoms with van der Waals surface area (Å²) in [6, 6.07) is 19.7.